The van der Waals surface area contributed by atoms with E-state index in [-0.39, 0.29) is 24.0 Å². The number of benzene rings is 1. The quantitative estimate of drug-likeness (QED) is 0.295. The number of ether oxygens (including phenoxy) is 2. The first-order valence-corrected chi connectivity index (χ1v) is 9.50. The van der Waals surface area contributed by atoms with Gasteiger partial charge >= 0.3 is 5.97 Å². The lowest BCUT2D eigenvalue weighted by atomic mass is 10.1. The Morgan fingerprint density at radius 3 is 2.81 bits per heavy atom. The molecule has 0 radical (unpaired) electrons. The number of halogens is 1. The van der Waals surface area contributed by atoms with Crippen molar-refractivity contribution in [2.24, 2.45) is 4.99 Å². The van der Waals surface area contributed by atoms with E-state index in [0.717, 1.165) is 30.4 Å². The molecule has 1 aliphatic rings. The topological polar surface area (TPSA) is 63.2 Å². The molecular weight excluding hydrogens is 465 g/mol. The molecule has 8 heteroatoms. The second kappa shape index (κ2) is 11.5. The summed E-state index contributed by atoms with van der Waals surface area (Å²) in [6.45, 7) is 4.82. The van der Waals surface area contributed by atoms with Gasteiger partial charge in [-0.05, 0) is 24.1 Å². The molecule has 1 saturated heterocycles. The number of hydrogen-bond acceptors (Lipinski definition) is 5. The normalized spacial score (nSPS) is 17.3. The molecule has 146 valence electrons. The van der Waals surface area contributed by atoms with Crippen LogP contribution < -0.4 is 10.1 Å². The van der Waals surface area contributed by atoms with E-state index in [2.05, 4.69) is 22.1 Å². The number of thioether (sulfide) groups is 1. The first kappa shape index (κ1) is 22.9. The van der Waals surface area contributed by atoms with Crippen LogP contribution in [0.5, 0.6) is 5.75 Å². The van der Waals surface area contributed by atoms with E-state index in [1.807, 2.05) is 17.8 Å². The monoisotopic (exact) mass is 493 g/mol. The summed E-state index contributed by atoms with van der Waals surface area (Å²) < 4.78 is 10.1. The third kappa shape index (κ3) is 5.94. The number of methoxy groups -OCH3 is 2. The molecule has 0 saturated carbocycles. The molecular formula is C18H28IN3O3S. The summed E-state index contributed by atoms with van der Waals surface area (Å²) in [7, 11) is 4.71. The molecule has 0 aromatic heterocycles. The molecule has 6 nitrogen and oxygen atoms in total. The van der Waals surface area contributed by atoms with Crippen molar-refractivity contribution in [3.8, 4) is 5.75 Å². The largest absolute Gasteiger partial charge is 0.496 e. The molecule has 1 N–H and O–H groups in total. The van der Waals surface area contributed by atoms with Crippen LogP contribution in [-0.4, -0.2) is 62.2 Å². The minimum atomic E-state index is -0.401. The Hall–Kier alpha value is -1.16. The number of guanidine groups is 1. The molecule has 1 unspecified atom stereocenters. The summed E-state index contributed by atoms with van der Waals surface area (Å²) in [6.07, 6.45) is 1.17. The van der Waals surface area contributed by atoms with Gasteiger partial charge in [0.05, 0.1) is 14.2 Å². The number of carbonyl (C=O) groups excluding carboxylic acids is 1. The fraction of sp³-hybridized carbons (Fsp3) is 0.556. The van der Waals surface area contributed by atoms with Crippen LogP contribution in [0.15, 0.2) is 23.2 Å². The van der Waals surface area contributed by atoms with E-state index in [1.54, 1.807) is 26.3 Å². The number of hydrogen-bond donors (Lipinski definition) is 1. The molecule has 0 amide bonds. The van der Waals surface area contributed by atoms with Crippen LogP contribution in [0.4, 0.5) is 0 Å². The first-order chi connectivity index (χ1) is 12.1. The number of rotatable bonds is 5. The SMILES string of the molecule is CCC1CN(C(=NC)NCc2ccc(OC)c(C(=O)OC)c2)CCS1.I. The highest BCUT2D eigenvalue weighted by Gasteiger charge is 2.21. The van der Waals surface area contributed by atoms with Crippen molar-refractivity contribution in [1.29, 1.82) is 0 Å². The summed E-state index contributed by atoms with van der Waals surface area (Å²) in [5.74, 6) is 2.13. The van der Waals surface area contributed by atoms with Crippen LogP contribution >= 0.6 is 35.7 Å². The van der Waals surface area contributed by atoms with Gasteiger partial charge in [0.15, 0.2) is 5.96 Å². The Kier molecular flexibility index (Phi) is 10.1. The number of aliphatic imine (C=N–C) groups is 1. The van der Waals surface area contributed by atoms with Crippen molar-refractivity contribution in [2.75, 3.05) is 40.1 Å². The minimum Gasteiger partial charge on any atom is -0.496 e. The Morgan fingerprint density at radius 2 is 2.19 bits per heavy atom. The maximum absolute atomic E-state index is 11.9. The summed E-state index contributed by atoms with van der Waals surface area (Å²) in [6, 6.07) is 5.52. The molecule has 1 aliphatic heterocycles. The minimum absolute atomic E-state index is 0. The molecule has 0 aliphatic carbocycles. The molecule has 1 heterocycles. The van der Waals surface area contributed by atoms with Crippen molar-refractivity contribution in [3.63, 3.8) is 0 Å². The highest BCUT2D eigenvalue weighted by molar-refractivity contribution is 14.0. The predicted octanol–water partition coefficient (Wildman–Crippen LogP) is 3.00. The van der Waals surface area contributed by atoms with Gasteiger partial charge in [0, 0.05) is 37.7 Å². The van der Waals surface area contributed by atoms with E-state index >= 15 is 0 Å². The highest BCUT2D eigenvalue weighted by Crippen LogP contribution is 2.22. The second-order valence-electron chi connectivity index (χ2n) is 5.77. The van der Waals surface area contributed by atoms with E-state index in [1.165, 1.54) is 13.5 Å². The van der Waals surface area contributed by atoms with Gasteiger partial charge in [-0.25, -0.2) is 4.79 Å². The third-order valence-electron chi connectivity index (χ3n) is 4.23. The van der Waals surface area contributed by atoms with Gasteiger partial charge in [-0.15, -0.1) is 24.0 Å². The summed E-state index contributed by atoms with van der Waals surface area (Å²) in [4.78, 5) is 18.6. The summed E-state index contributed by atoms with van der Waals surface area (Å²) in [5, 5.41) is 4.05. The van der Waals surface area contributed by atoms with Crippen LogP contribution in [0, 0.1) is 0 Å². The van der Waals surface area contributed by atoms with Crippen molar-refractivity contribution in [3.05, 3.63) is 29.3 Å². The molecule has 0 spiro atoms. The lowest BCUT2D eigenvalue weighted by Crippen LogP contribution is -2.47. The summed E-state index contributed by atoms with van der Waals surface area (Å²) in [5.41, 5.74) is 1.40. The fourth-order valence-electron chi connectivity index (χ4n) is 2.81. The van der Waals surface area contributed by atoms with Gasteiger partial charge in [-0.1, -0.05) is 13.0 Å². The zero-order valence-corrected chi connectivity index (χ0v) is 18.9. The standard InChI is InChI=1S/C18H27N3O3S.HI/c1-5-14-12-21(8-9-25-14)18(19-2)20-11-13-6-7-16(23-3)15(10-13)17(22)24-4;/h6-7,10,14H,5,8-9,11-12H2,1-4H3,(H,19,20);1H. The average molecular weight is 493 g/mol. The van der Waals surface area contributed by atoms with Crippen LogP contribution in [0.3, 0.4) is 0 Å². The Morgan fingerprint density at radius 1 is 1.42 bits per heavy atom. The van der Waals surface area contributed by atoms with Gasteiger partial charge in [-0.3, -0.25) is 4.99 Å². The summed E-state index contributed by atoms with van der Waals surface area (Å²) >= 11 is 2.03. The third-order valence-corrected chi connectivity index (χ3v) is 5.60. The number of nitrogens with zero attached hydrogens (tertiary/aromatic N) is 2. The Labute approximate surface area is 177 Å². The van der Waals surface area contributed by atoms with Gasteiger partial charge in [0.25, 0.3) is 0 Å². The number of esters is 1. The van der Waals surface area contributed by atoms with Gasteiger partial charge in [0.2, 0.25) is 0 Å². The van der Waals surface area contributed by atoms with Gasteiger partial charge in [0.1, 0.15) is 11.3 Å². The maximum Gasteiger partial charge on any atom is 0.341 e. The predicted molar refractivity (Wildman–Crippen MR) is 118 cm³/mol. The van der Waals surface area contributed by atoms with E-state index in [0.29, 0.717) is 23.1 Å². The average Bonchev–Trinajstić information content (AvgIpc) is 2.67. The number of nitrogens with one attached hydrogen (secondary N) is 1. The van der Waals surface area contributed by atoms with Crippen molar-refractivity contribution in [2.45, 2.75) is 25.1 Å². The zero-order chi connectivity index (χ0) is 18.2. The fourth-order valence-corrected chi connectivity index (χ4v) is 3.99. The first-order valence-electron chi connectivity index (χ1n) is 8.45. The number of carbonyl (C=O) groups is 1. The molecule has 1 fully saturated rings. The van der Waals surface area contributed by atoms with Crippen LogP contribution in [0.2, 0.25) is 0 Å². The van der Waals surface area contributed by atoms with E-state index in [9.17, 15) is 4.79 Å². The molecule has 2 rings (SSSR count). The van der Waals surface area contributed by atoms with Crippen molar-refractivity contribution >= 4 is 47.7 Å². The molecule has 0 bridgehead atoms. The van der Waals surface area contributed by atoms with Crippen molar-refractivity contribution < 1.29 is 14.3 Å². The van der Waals surface area contributed by atoms with Crippen molar-refractivity contribution in [1.82, 2.24) is 10.2 Å². The van der Waals surface area contributed by atoms with E-state index in [4.69, 9.17) is 9.47 Å². The Balaban J connectivity index is 0.00000338. The molecule has 26 heavy (non-hydrogen) atoms. The maximum atomic E-state index is 11.9. The van der Waals surface area contributed by atoms with Gasteiger partial charge < -0.3 is 19.7 Å². The second-order valence-corrected chi connectivity index (χ2v) is 7.18. The molecule has 1 aromatic rings. The van der Waals surface area contributed by atoms with Crippen LogP contribution in [-0.2, 0) is 11.3 Å². The smallest absolute Gasteiger partial charge is 0.341 e. The lowest BCUT2D eigenvalue weighted by Gasteiger charge is -2.34. The van der Waals surface area contributed by atoms with Crippen LogP contribution in [0.1, 0.15) is 29.3 Å². The molecule has 1 atom stereocenters. The van der Waals surface area contributed by atoms with Gasteiger partial charge in [-0.2, -0.15) is 11.8 Å². The Bertz CT molecular complexity index is 628. The zero-order valence-electron chi connectivity index (χ0n) is 15.8. The molecule has 1 aromatic carbocycles. The van der Waals surface area contributed by atoms with Crippen LogP contribution in [0.25, 0.3) is 0 Å². The van der Waals surface area contributed by atoms with E-state index < -0.39 is 5.97 Å². The lowest BCUT2D eigenvalue weighted by molar-refractivity contribution is 0.0597. The highest BCUT2D eigenvalue weighted by atomic mass is 127.